The molecular weight excluding hydrogens is 388 g/mol. The Balaban J connectivity index is 1.77. The van der Waals surface area contributed by atoms with Gasteiger partial charge in [-0.2, -0.15) is 17.5 Å². The van der Waals surface area contributed by atoms with E-state index in [9.17, 15) is 26.0 Å². The standard InChI is InChI=1S/C16H22F4N4O2S/c1-21-15(22-10-12-2-4-14(17)5-3-12)23-11-13-6-8-24(9-7-13)27(25,26)16(18,19)20/h2-5,13H,6-11H2,1H3,(H2,21,22,23). The van der Waals surface area contributed by atoms with Crippen LogP contribution in [0.2, 0.25) is 0 Å². The van der Waals surface area contributed by atoms with E-state index >= 15 is 0 Å². The minimum atomic E-state index is -5.26. The fourth-order valence-electron chi connectivity index (χ4n) is 2.75. The number of nitrogens with zero attached hydrogens (tertiary/aromatic N) is 2. The molecule has 0 saturated carbocycles. The number of rotatable bonds is 5. The maximum atomic E-state index is 12.9. The van der Waals surface area contributed by atoms with E-state index < -0.39 is 15.5 Å². The molecule has 0 atom stereocenters. The third-order valence-electron chi connectivity index (χ3n) is 4.36. The van der Waals surface area contributed by atoms with Crippen molar-refractivity contribution in [2.24, 2.45) is 10.9 Å². The maximum absolute atomic E-state index is 12.9. The molecule has 0 radical (unpaired) electrons. The summed E-state index contributed by atoms with van der Waals surface area (Å²) in [5.41, 5.74) is -4.39. The number of halogens is 4. The fraction of sp³-hybridized carbons (Fsp3) is 0.562. The molecule has 1 fully saturated rings. The quantitative estimate of drug-likeness (QED) is 0.443. The van der Waals surface area contributed by atoms with Gasteiger partial charge in [-0.3, -0.25) is 4.99 Å². The van der Waals surface area contributed by atoms with Crippen LogP contribution in [0.5, 0.6) is 0 Å². The molecule has 6 nitrogen and oxygen atoms in total. The van der Waals surface area contributed by atoms with Crippen LogP contribution in [0.15, 0.2) is 29.3 Å². The summed E-state index contributed by atoms with van der Waals surface area (Å²) >= 11 is 0. The molecule has 1 saturated heterocycles. The average Bonchev–Trinajstić information content (AvgIpc) is 2.62. The monoisotopic (exact) mass is 410 g/mol. The van der Waals surface area contributed by atoms with Gasteiger partial charge in [-0.15, -0.1) is 0 Å². The molecule has 2 N–H and O–H groups in total. The fourth-order valence-corrected chi connectivity index (χ4v) is 3.73. The van der Waals surface area contributed by atoms with E-state index in [0.717, 1.165) is 5.56 Å². The van der Waals surface area contributed by atoms with Crippen molar-refractivity contribution in [1.29, 1.82) is 0 Å². The zero-order valence-electron chi connectivity index (χ0n) is 14.8. The highest BCUT2D eigenvalue weighted by molar-refractivity contribution is 7.90. The van der Waals surface area contributed by atoms with Crippen molar-refractivity contribution in [2.75, 3.05) is 26.7 Å². The lowest BCUT2D eigenvalue weighted by Crippen LogP contribution is -2.47. The van der Waals surface area contributed by atoms with Crippen molar-refractivity contribution >= 4 is 16.0 Å². The van der Waals surface area contributed by atoms with Crippen molar-refractivity contribution in [1.82, 2.24) is 14.9 Å². The first kappa shape index (κ1) is 21.4. The molecule has 0 aliphatic carbocycles. The zero-order chi connectivity index (χ0) is 20.1. The Morgan fingerprint density at radius 3 is 2.30 bits per heavy atom. The Morgan fingerprint density at radius 2 is 1.78 bits per heavy atom. The first-order valence-corrected chi connectivity index (χ1v) is 9.83. The van der Waals surface area contributed by atoms with Gasteiger partial charge in [0, 0.05) is 33.2 Å². The number of hydrogen-bond acceptors (Lipinski definition) is 3. The number of nitrogens with one attached hydrogen (secondary N) is 2. The highest BCUT2D eigenvalue weighted by Gasteiger charge is 2.50. The number of piperidine rings is 1. The molecule has 0 aromatic heterocycles. The molecule has 1 aromatic carbocycles. The lowest BCUT2D eigenvalue weighted by Gasteiger charge is -2.31. The number of benzene rings is 1. The molecular formula is C16H22F4N4O2S. The summed E-state index contributed by atoms with van der Waals surface area (Å²) in [7, 11) is -3.67. The van der Waals surface area contributed by atoms with Crippen LogP contribution in [0.4, 0.5) is 17.6 Å². The predicted octanol–water partition coefficient (Wildman–Crippen LogP) is 2.05. The van der Waals surface area contributed by atoms with Gasteiger partial charge in [0.05, 0.1) is 0 Å². The van der Waals surface area contributed by atoms with Gasteiger partial charge < -0.3 is 10.6 Å². The van der Waals surface area contributed by atoms with Gasteiger partial charge >= 0.3 is 15.5 Å². The summed E-state index contributed by atoms with van der Waals surface area (Å²) in [4.78, 5) is 4.06. The number of guanidine groups is 1. The summed E-state index contributed by atoms with van der Waals surface area (Å²) in [6, 6.07) is 6.00. The third-order valence-corrected chi connectivity index (χ3v) is 5.99. The molecule has 0 bridgehead atoms. The maximum Gasteiger partial charge on any atom is 0.511 e. The number of aliphatic imine (C=N–C) groups is 1. The van der Waals surface area contributed by atoms with Crippen LogP contribution in [-0.2, 0) is 16.6 Å². The Hall–Kier alpha value is -1.88. The van der Waals surface area contributed by atoms with Crippen LogP contribution in [0.3, 0.4) is 0 Å². The molecule has 1 heterocycles. The second kappa shape index (κ2) is 8.87. The largest absolute Gasteiger partial charge is 0.511 e. The van der Waals surface area contributed by atoms with E-state index in [1.807, 2.05) is 0 Å². The van der Waals surface area contributed by atoms with Crippen molar-refractivity contribution < 1.29 is 26.0 Å². The van der Waals surface area contributed by atoms with Crippen LogP contribution in [0, 0.1) is 11.7 Å². The summed E-state index contributed by atoms with van der Waals surface area (Å²) < 4.78 is 73.9. The smallest absolute Gasteiger partial charge is 0.356 e. The normalized spacial score (nSPS) is 17.7. The minimum Gasteiger partial charge on any atom is -0.356 e. The number of alkyl halides is 3. The van der Waals surface area contributed by atoms with Gasteiger partial charge in [0.25, 0.3) is 0 Å². The number of sulfonamides is 1. The van der Waals surface area contributed by atoms with E-state index in [4.69, 9.17) is 0 Å². The highest BCUT2D eigenvalue weighted by atomic mass is 32.2. The van der Waals surface area contributed by atoms with Gasteiger partial charge in [0.1, 0.15) is 5.82 Å². The molecule has 1 aliphatic heterocycles. The molecule has 1 aliphatic rings. The second-order valence-corrected chi connectivity index (χ2v) is 8.16. The van der Waals surface area contributed by atoms with Crippen LogP contribution < -0.4 is 10.6 Å². The molecule has 11 heteroatoms. The van der Waals surface area contributed by atoms with E-state index in [2.05, 4.69) is 15.6 Å². The first-order valence-electron chi connectivity index (χ1n) is 8.39. The molecule has 1 aromatic rings. The van der Waals surface area contributed by atoms with Crippen molar-refractivity contribution in [3.63, 3.8) is 0 Å². The van der Waals surface area contributed by atoms with Gasteiger partial charge in [0.2, 0.25) is 0 Å². The van der Waals surface area contributed by atoms with Gasteiger partial charge in [-0.25, -0.2) is 12.8 Å². The SMILES string of the molecule is CN=C(NCc1ccc(F)cc1)NCC1CCN(S(=O)(=O)C(F)(F)F)CC1. The van der Waals surface area contributed by atoms with Gasteiger partial charge in [0.15, 0.2) is 5.96 Å². The summed E-state index contributed by atoms with van der Waals surface area (Å²) in [6.45, 7) is 0.580. The van der Waals surface area contributed by atoms with Crippen LogP contribution in [-0.4, -0.2) is 50.9 Å². The molecule has 0 unspecified atom stereocenters. The molecule has 0 spiro atoms. The topological polar surface area (TPSA) is 73.8 Å². The molecule has 27 heavy (non-hydrogen) atoms. The minimum absolute atomic E-state index is 0.0362. The number of hydrogen-bond donors (Lipinski definition) is 2. The second-order valence-electron chi connectivity index (χ2n) is 6.23. The lowest BCUT2D eigenvalue weighted by molar-refractivity contribution is -0.0496. The lowest BCUT2D eigenvalue weighted by atomic mass is 9.98. The molecule has 0 amide bonds. The van der Waals surface area contributed by atoms with Crippen molar-refractivity contribution in [3.8, 4) is 0 Å². The first-order chi connectivity index (χ1) is 12.6. The Labute approximate surface area is 155 Å². The van der Waals surface area contributed by atoms with Crippen molar-refractivity contribution in [2.45, 2.75) is 24.9 Å². The summed E-state index contributed by atoms with van der Waals surface area (Å²) in [5, 5.41) is 6.14. The summed E-state index contributed by atoms with van der Waals surface area (Å²) in [6.07, 6.45) is 0.661. The van der Waals surface area contributed by atoms with E-state index in [1.54, 1.807) is 19.2 Å². The van der Waals surface area contributed by atoms with E-state index in [-0.39, 0.29) is 24.8 Å². The zero-order valence-corrected chi connectivity index (χ0v) is 15.6. The van der Waals surface area contributed by atoms with Crippen LogP contribution >= 0.6 is 0 Å². The average molecular weight is 410 g/mol. The summed E-state index contributed by atoms with van der Waals surface area (Å²) in [5.74, 6) is 0.221. The van der Waals surface area contributed by atoms with E-state index in [1.165, 1.54) is 12.1 Å². The molecule has 152 valence electrons. The van der Waals surface area contributed by atoms with Crippen LogP contribution in [0.25, 0.3) is 0 Å². The van der Waals surface area contributed by atoms with Gasteiger partial charge in [-0.05, 0) is 36.5 Å². The molecule has 2 rings (SSSR count). The Kier molecular flexibility index (Phi) is 7.04. The predicted molar refractivity (Wildman–Crippen MR) is 93.9 cm³/mol. The third kappa shape index (κ3) is 5.80. The Morgan fingerprint density at radius 1 is 1.19 bits per heavy atom. The van der Waals surface area contributed by atoms with Crippen LogP contribution in [0.1, 0.15) is 18.4 Å². The van der Waals surface area contributed by atoms with Gasteiger partial charge in [-0.1, -0.05) is 12.1 Å². The highest BCUT2D eigenvalue weighted by Crippen LogP contribution is 2.30. The van der Waals surface area contributed by atoms with E-state index in [0.29, 0.717) is 36.2 Å². The van der Waals surface area contributed by atoms with Crippen molar-refractivity contribution in [3.05, 3.63) is 35.6 Å². The Bertz CT molecular complexity index is 743.